The Hall–Kier alpha value is -4.55. The summed E-state index contributed by atoms with van der Waals surface area (Å²) in [5.41, 5.74) is 7.85. The highest BCUT2D eigenvalue weighted by molar-refractivity contribution is 7.14. The van der Waals surface area contributed by atoms with Gasteiger partial charge in [0.05, 0.1) is 11.1 Å². The molecular weight excluding hydrogens is 538 g/mol. The third-order valence-electron chi connectivity index (χ3n) is 8.89. The Morgan fingerprint density at radius 1 is 0.881 bits per heavy atom. The lowest BCUT2D eigenvalue weighted by Gasteiger charge is -2.50. The van der Waals surface area contributed by atoms with Crippen LogP contribution < -0.4 is 5.32 Å². The molecular formula is C36H31N3O2S. The maximum Gasteiger partial charge on any atom is 0.253 e. The Morgan fingerprint density at radius 2 is 1.52 bits per heavy atom. The third kappa shape index (κ3) is 4.43. The van der Waals surface area contributed by atoms with E-state index in [0.29, 0.717) is 17.2 Å². The summed E-state index contributed by atoms with van der Waals surface area (Å²) in [6, 6.07) is 34.6. The highest BCUT2D eigenvalue weighted by Gasteiger charge is 2.54. The largest absolute Gasteiger partial charge is 0.337 e. The maximum absolute atomic E-state index is 14.0. The van der Waals surface area contributed by atoms with Gasteiger partial charge in [-0.15, -0.1) is 11.3 Å². The Kier molecular flexibility index (Phi) is 6.51. The molecule has 4 aromatic carbocycles. The summed E-state index contributed by atoms with van der Waals surface area (Å²) < 4.78 is 0. The van der Waals surface area contributed by atoms with Crippen LogP contribution in [0.3, 0.4) is 0 Å². The quantitative estimate of drug-likeness (QED) is 0.228. The number of thiazole rings is 1. The second-order valence-corrected chi connectivity index (χ2v) is 12.4. The molecule has 208 valence electrons. The Bertz CT molecular complexity index is 1770. The molecule has 3 aliphatic rings. The fourth-order valence-electron chi connectivity index (χ4n) is 6.85. The molecule has 0 saturated carbocycles. The standard InChI is InChI=1S/C36H31N3O2S/c1-36(20-30-26-15-6-8-17-28(26)32(36)29-18-9-7-16-27(29)30)34(41)38-35-37-31(22-42-35)24-13-10-14-25(19-24)33(40)39(2)21-23-11-4-3-5-12-23/h3-19,22,30,32H,20-21H2,1-2H3,(H,37,38,41). The molecule has 5 nitrogen and oxygen atoms in total. The van der Waals surface area contributed by atoms with Crippen molar-refractivity contribution < 1.29 is 9.59 Å². The minimum atomic E-state index is -0.602. The Labute approximate surface area is 249 Å². The number of carbonyl (C=O) groups is 2. The maximum atomic E-state index is 14.0. The van der Waals surface area contributed by atoms with Gasteiger partial charge in [-0.2, -0.15) is 0 Å². The molecule has 0 radical (unpaired) electrons. The molecule has 3 aliphatic carbocycles. The predicted octanol–water partition coefficient (Wildman–Crippen LogP) is 7.71. The van der Waals surface area contributed by atoms with Crippen LogP contribution in [0.25, 0.3) is 11.3 Å². The van der Waals surface area contributed by atoms with Gasteiger partial charge in [0.15, 0.2) is 5.13 Å². The van der Waals surface area contributed by atoms with E-state index in [9.17, 15) is 9.59 Å². The molecule has 2 bridgehead atoms. The van der Waals surface area contributed by atoms with Crippen molar-refractivity contribution in [3.63, 3.8) is 0 Å². The topological polar surface area (TPSA) is 62.3 Å². The zero-order valence-corrected chi connectivity index (χ0v) is 24.4. The second kappa shape index (κ2) is 10.4. The molecule has 1 unspecified atom stereocenters. The summed E-state index contributed by atoms with van der Waals surface area (Å²) in [4.78, 5) is 33.7. The number of aromatic nitrogens is 1. The van der Waals surface area contributed by atoms with Crippen molar-refractivity contribution in [3.05, 3.63) is 142 Å². The van der Waals surface area contributed by atoms with Crippen molar-refractivity contribution in [3.8, 4) is 11.3 Å². The van der Waals surface area contributed by atoms with E-state index in [1.165, 1.54) is 33.6 Å². The molecule has 5 aromatic rings. The summed E-state index contributed by atoms with van der Waals surface area (Å²) in [5, 5.41) is 5.67. The molecule has 6 heteroatoms. The fourth-order valence-corrected chi connectivity index (χ4v) is 7.57. The summed E-state index contributed by atoms with van der Waals surface area (Å²) in [5.74, 6) is 0.134. The summed E-state index contributed by atoms with van der Waals surface area (Å²) >= 11 is 1.41. The van der Waals surface area contributed by atoms with Crippen molar-refractivity contribution >= 4 is 28.3 Å². The minimum Gasteiger partial charge on any atom is -0.337 e. The summed E-state index contributed by atoms with van der Waals surface area (Å²) in [7, 11) is 1.81. The fraction of sp³-hybridized carbons (Fsp3) is 0.194. The van der Waals surface area contributed by atoms with Crippen LogP contribution in [0.5, 0.6) is 0 Å². The monoisotopic (exact) mass is 569 g/mol. The number of benzene rings is 4. The molecule has 42 heavy (non-hydrogen) atoms. The third-order valence-corrected chi connectivity index (χ3v) is 9.65. The number of rotatable bonds is 6. The summed E-state index contributed by atoms with van der Waals surface area (Å²) in [6.45, 7) is 2.63. The van der Waals surface area contributed by atoms with Crippen molar-refractivity contribution in [2.24, 2.45) is 5.41 Å². The van der Waals surface area contributed by atoms with Gasteiger partial charge in [0.1, 0.15) is 0 Å². The van der Waals surface area contributed by atoms with E-state index < -0.39 is 5.41 Å². The predicted molar refractivity (Wildman–Crippen MR) is 168 cm³/mol. The highest BCUT2D eigenvalue weighted by atomic mass is 32.1. The van der Waals surface area contributed by atoms with Gasteiger partial charge in [0, 0.05) is 41.9 Å². The Morgan fingerprint density at radius 3 is 2.21 bits per heavy atom. The average molecular weight is 570 g/mol. The van der Waals surface area contributed by atoms with E-state index in [0.717, 1.165) is 23.2 Å². The van der Waals surface area contributed by atoms with E-state index in [4.69, 9.17) is 4.98 Å². The first kappa shape index (κ1) is 26.4. The van der Waals surface area contributed by atoms with Gasteiger partial charge >= 0.3 is 0 Å². The average Bonchev–Trinajstić information content (AvgIpc) is 3.50. The van der Waals surface area contributed by atoms with Gasteiger partial charge in [-0.1, -0.05) is 91.0 Å². The van der Waals surface area contributed by atoms with Crippen molar-refractivity contribution in [1.29, 1.82) is 0 Å². The molecule has 0 saturated heterocycles. The first-order valence-electron chi connectivity index (χ1n) is 14.3. The van der Waals surface area contributed by atoms with Crippen LogP contribution in [0.4, 0.5) is 5.13 Å². The van der Waals surface area contributed by atoms with Crippen LogP contribution in [0.15, 0.2) is 109 Å². The number of hydrogen-bond acceptors (Lipinski definition) is 4. The van der Waals surface area contributed by atoms with Gasteiger partial charge in [-0.3, -0.25) is 9.59 Å². The second-order valence-electron chi connectivity index (χ2n) is 11.6. The number of nitrogens with one attached hydrogen (secondary N) is 1. The van der Waals surface area contributed by atoms with Crippen molar-refractivity contribution in [2.45, 2.75) is 31.7 Å². The lowest BCUT2D eigenvalue weighted by atomic mass is 9.52. The molecule has 0 fully saturated rings. The van der Waals surface area contributed by atoms with E-state index in [2.05, 4.69) is 60.8 Å². The van der Waals surface area contributed by atoms with E-state index in [1.807, 2.05) is 67.0 Å². The first-order valence-corrected chi connectivity index (χ1v) is 15.1. The molecule has 0 spiro atoms. The zero-order valence-electron chi connectivity index (χ0n) is 23.6. The number of anilines is 1. The van der Waals surface area contributed by atoms with Crippen LogP contribution in [-0.4, -0.2) is 28.7 Å². The number of nitrogens with zero attached hydrogens (tertiary/aromatic N) is 2. The van der Waals surface area contributed by atoms with E-state index >= 15 is 0 Å². The van der Waals surface area contributed by atoms with Crippen LogP contribution in [0.1, 0.15) is 63.4 Å². The van der Waals surface area contributed by atoms with Gasteiger partial charge in [-0.25, -0.2) is 4.98 Å². The van der Waals surface area contributed by atoms with Gasteiger partial charge in [0.25, 0.3) is 5.91 Å². The lowest BCUT2D eigenvalue weighted by molar-refractivity contribution is -0.126. The molecule has 0 aliphatic heterocycles. The smallest absolute Gasteiger partial charge is 0.253 e. The van der Waals surface area contributed by atoms with E-state index in [1.54, 1.807) is 4.90 Å². The molecule has 1 N–H and O–H groups in total. The first-order chi connectivity index (χ1) is 20.4. The number of fused-ring (bicyclic) bond motifs is 1. The minimum absolute atomic E-state index is 0.00567. The summed E-state index contributed by atoms with van der Waals surface area (Å²) in [6.07, 6.45) is 0.760. The SMILES string of the molecule is CN(Cc1ccccc1)C(=O)c1cccc(-c2csc(NC(=O)C3(C)CC4c5ccccc5C3c3ccccc34)n2)c1. The molecule has 1 atom stereocenters. The number of hydrogen-bond donors (Lipinski definition) is 1. The lowest BCUT2D eigenvalue weighted by Crippen LogP contribution is -2.47. The zero-order chi connectivity index (χ0) is 28.8. The normalized spacial score (nSPS) is 20.0. The highest BCUT2D eigenvalue weighted by Crippen LogP contribution is 2.61. The van der Waals surface area contributed by atoms with Crippen molar-refractivity contribution in [2.75, 3.05) is 12.4 Å². The van der Waals surface area contributed by atoms with Gasteiger partial charge < -0.3 is 10.2 Å². The van der Waals surface area contributed by atoms with Gasteiger partial charge in [0.2, 0.25) is 5.91 Å². The van der Waals surface area contributed by atoms with Gasteiger partial charge in [-0.05, 0) is 53.3 Å². The molecule has 1 aromatic heterocycles. The molecule has 8 rings (SSSR count). The van der Waals surface area contributed by atoms with Crippen molar-refractivity contribution in [1.82, 2.24) is 9.88 Å². The number of carbonyl (C=O) groups excluding carboxylic acids is 2. The molecule has 1 heterocycles. The number of amides is 2. The van der Waals surface area contributed by atoms with E-state index in [-0.39, 0.29) is 23.7 Å². The molecule has 2 amide bonds. The van der Waals surface area contributed by atoms with Crippen LogP contribution in [0.2, 0.25) is 0 Å². The van der Waals surface area contributed by atoms with Crippen LogP contribution in [-0.2, 0) is 11.3 Å². The Balaban J connectivity index is 1.11. The van der Waals surface area contributed by atoms with Crippen LogP contribution >= 0.6 is 11.3 Å². The van der Waals surface area contributed by atoms with Crippen LogP contribution in [0, 0.1) is 5.41 Å².